The van der Waals surface area contributed by atoms with Gasteiger partial charge in [-0.2, -0.15) is 24.9 Å². The summed E-state index contributed by atoms with van der Waals surface area (Å²) in [6, 6.07) is 0. The molecule has 2 N–H and O–H groups in total. The molecule has 0 aliphatic carbocycles. The molecule has 0 aromatic heterocycles. The van der Waals surface area contributed by atoms with E-state index in [9.17, 15) is 13.2 Å². The van der Waals surface area contributed by atoms with Gasteiger partial charge in [-0.15, -0.1) is 0 Å². The third kappa shape index (κ3) is 6.50. The second-order valence-corrected chi connectivity index (χ2v) is 4.37. The predicted molar refractivity (Wildman–Crippen MR) is 52.5 cm³/mol. The van der Waals surface area contributed by atoms with E-state index in [4.69, 9.17) is 5.11 Å². The molecule has 0 bridgehead atoms. The van der Waals surface area contributed by atoms with Gasteiger partial charge in [0, 0.05) is 11.8 Å². The van der Waals surface area contributed by atoms with Crippen LogP contribution in [0.4, 0.5) is 13.2 Å². The average molecular weight is 231 g/mol. The van der Waals surface area contributed by atoms with Crippen molar-refractivity contribution in [2.75, 3.05) is 19.3 Å². The van der Waals surface area contributed by atoms with E-state index in [-0.39, 0.29) is 0 Å². The van der Waals surface area contributed by atoms with E-state index in [0.29, 0.717) is 11.8 Å². The third-order valence-corrected chi connectivity index (χ3v) is 2.89. The molecule has 0 radical (unpaired) electrons. The van der Waals surface area contributed by atoms with E-state index in [1.165, 1.54) is 0 Å². The number of hydrogen-bond donors (Lipinski definition) is 2. The number of thioether (sulfide) groups is 1. The van der Waals surface area contributed by atoms with Gasteiger partial charge in [0.2, 0.25) is 0 Å². The lowest BCUT2D eigenvalue weighted by Crippen LogP contribution is -2.38. The van der Waals surface area contributed by atoms with Crippen molar-refractivity contribution in [1.82, 2.24) is 5.32 Å². The third-order valence-electron chi connectivity index (χ3n) is 1.85. The summed E-state index contributed by atoms with van der Waals surface area (Å²) in [5.74, 6) is 0. The Morgan fingerprint density at radius 2 is 2.00 bits per heavy atom. The van der Waals surface area contributed by atoms with Gasteiger partial charge in [-0.3, -0.25) is 0 Å². The van der Waals surface area contributed by atoms with Crippen molar-refractivity contribution >= 4 is 11.8 Å². The Morgan fingerprint density at radius 3 is 2.43 bits per heavy atom. The molecule has 86 valence electrons. The molecule has 0 saturated carbocycles. The lowest BCUT2D eigenvalue weighted by atomic mass is 10.3. The molecule has 14 heavy (non-hydrogen) atoms. The summed E-state index contributed by atoms with van der Waals surface area (Å²) in [5, 5.41) is 11.6. The molecule has 0 aromatic carbocycles. The Hall–Kier alpha value is 0.0600. The minimum atomic E-state index is -4.52. The van der Waals surface area contributed by atoms with E-state index >= 15 is 0 Å². The largest absolute Gasteiger partial charge is 0.415 e. The number of halogens is 3. The summed E-state index contributed by atoms with van der Waals surface area (Å²) in [5.41, 5.74) is 0. The highest BCUT2D eigenvalue weighted by molar-refractivity contribution is 7.99. The van der Waals surface area contributed by atoms with Crippen LogP contribution in [-0.2, 0) is 0 Å². The van der Waals surface area contributed by atoms with Crippen molar-refractivity contribution in [3.8, 4) is 0 Å². The van der Waals surface area contributed by atoms with Crippen LogP contribution in [0.3, 0.4) is 0 Å². The van der Waals surface area contributed by atoms with E-state index in [1.54, 1.807) is 11.8 Å². The minimum Gasteiger partial charge on any atom is -0.382 e. The molecule has 2 nitrogen and oxygen atoms in total. The minimum absolute atomic E-state index is 0.422. The van der Waals surface area contributed by atoms with Gasteiger partial charge in [-0.25, -0.2) is 0 Å². The number of alkyl halides is 3. The van der Waals surface area contributed by atoms with Crippen LogP contribution in [0.1, 0.15) is 13.3 Å². The van der Waals surface area contributed by atoms with Gasteiger partial charge in [0.1, 0.15) is 0 Å². The molecule has 0 saturated heterocycles. The van der Waals surface area contributed by atoms with Crippen molar-refractivity contribution in [2.24, 2.45) is 0 Å². The summed E-state index contributed by atoms with van der Waals surface area (Å²) in [6.07, 6.45) is -4.02. The molecule has 0 amide bonds. The van der Waals surface area contributed by atoms with Crippen LogP contribution < -0.4 is 5.32 Å². The van der Waals surface area contributed by atoms with Gasteiger partial charge in [0.25, 0.3) is 0 Å². The zero-order valence-electron chi connectivity index (χ0n) is 8.27. The number of aliphatic hydroxyl groups is 1. The molecular weight excluding hydrogens is 215 g/mol. The number of hydrogen-bond acceptors (Lipinski definition) is 3. The Balaban J connectivity index is 3.46. The molecule has 2 atom stereocenters. The van der Waals surface area contributed by atoms with Crippen molar-refractivity contribution < 1.29 is 18.3 Å². The van der Waals surface area contributed by atoms with Crippen molar-refractivity contribution in [2.45, 2.75) is 30.9 Å². The molecule has 0 heterocycles. The first-order valence-electron chi connectivity index (χ1n) is 4.36. The second kappa shape index (κ2) is 6.53. The monoisotopic (exact) mass is 231 g/mol. The van der Waals surface area contributed by atoms with Crippen molar-refractivity contribution in [3.63, 3.8) is 0 Å². The SMILES string of the molecule is CSC(C)CCNCC(O)C(F)(F)F. The quantitative estimate of drug-likeness (QED) is 0.682. The highest BCUT2D eigenvalue weighted by atomic mass is 32.2. The fourth-order valence-corrected chi connectivity index (χ4v) is 1.13. The van der Waals surface area contributed by atoms with E-state index < -0.39 is 18.8 Å². The van der Waals surface area contributed by atoms with E-state index in [2.05, 4.69) is 5.32 Å². The molecule has 0 spiro atoms. The van der Waals surface area contributed by atoms with Crippen LogP contribution in [0, 0.1) is 0 Å². The van der Waals surface area contributed by atoms with Crippen LogP contribution in [0.5, 0.6) is 0 Å². The van der Waals surface area contributed by atoms with Crippen LogP contribution in [-0.4, -0.2) is 42.0 Å². The molecule has 6 heteroatoms. The molecule has 0 rings (SSSR count). The summed E-state index contributed by atoms with van der Waals surface area (Å²) in [7, 11) is 0. The standard InChI is InChI=1S/C8H16F3NOS/c1-6(14-2)3-4-12-5-7(13)8(9,10)11/h6-7,12-13H,3-5H2,1-2H3. The highest BCUT2D eigenvalue weighted by Crippen LogP contribution is 2.19. The van der Waals surface area contributed by atoms with Gasteiger partial charge >= 0.3 is 6.18 Å². The van der Waals surface area contributed by atoms with Crippen molar-refractivity contribution in [3.05, 3.63) is 0 Å². The summed E-state index contributed by atoms with van der Waals surface area (Å²) in [4.78, 5) is 0. The normalized spacial score (nSPS) is 16.7. The Bertz CT molecular complexity index is 154. The van der Waals surface area contributed by atoms with E-state index in [0.717, 1.165) is 6.42 Å². The number of rotatable bonds is 6. The molecule has 0 aliphatic heterocycles. The molecular formula is C8H16F3NOS. The maximum Gasteiger partial charge on any atom is 0.415 e. The number of nitrogens with one attached hydrogen (secondary N) is 1. The van der Waals surface area contributed by atoms with Crippen LogP contribution in [0.15, 0.2) is 0 Å². The first kappa shape index (κ1) is 14.1. The maximum absolute atomic E-state index is 11.8. The summed E-state index contributed by atoms with van der Waals surface area (Å²) >= 11 is 1.66. The molecule has 2 unspecified atom stereocenters. The van der Waals surface area contributed by atoms with Gasteiger partial charge in [-0.1, -0.05) is 6.92 Å². The van der Waals surface area contributed by atoms with Crippen LogP contribution in [0.2, 0.25) is 0 Å². The zero-order valence-corrected chi connectivity index (χ0v) is 9.08. The van der Waals surface area contributed by atoms with Crippen LogP contribution >= 0.6 is 11.8 Å². The van der Waals surface area contributed by atoms with Gasteiger partial charge in [0.15, 0.2) is 6.10 Å². The Morgan fingerprint density at radius 1 is 1.43 bits per heavy atom. The zero-order chi connectivity index (χ0) is 11.2. The highest BCUT2D eigenvalue weighted by Gasteiger charge is 2.37. The predicted octanol–water partition coefficient (Wildman–Crippen LogP) is 1.64. The fourth-order valence-electron chi connectivity index (χ4n) is 0.778. The first-order chi connectivity index (χ1) is 6.38. The van der Waals surface area contributed by atoms with Crippen LogP contribution in [0.25, 0.3) is 0 Å². The summed E-state index contributed by atoms with van der Waals surface area (Å²) in [6.45, 7) is 2.08. The Labute approximate surface area is 86.3 Å². The Kier molecular flexibility index (Phi) is 6.55. The lowest BCUT2D eigenvalue weighted by Gasteiger charge is -2.15. The van der Waals surface area contributed by atoms with Gasteiger partial charge < -0.3 is 10.4 Å². The smallest absolute Gasteiger partial charge is 0.382 e. The fraction of sp³-hybridized carbons (Fsp3) is 1.00. The maximum atomic E-state index is 11.8. The van der Waals surface area contributed by atoms with E-state index in [1.807, 2.05) is 13.2 Å². The summed E-state index contributed by atoms with van der Waals surface area (Å²) < 4.78 is 35.4. The molecule has 0 fully saturated rings. The first-order valence-corrected chi connectivity index (χ1v) is 5.65. The average Bonchev–Trinajstić information content (AvgIpc) is 2.09. The van der Waals surface area contributed by atoms with Crippen molar-refractivity contribution in [1.29, 1.82) is 0 Å². The lowest BCUT2D eigenvalue weighted by molar-refractivity contribution is -0.201. The topological polar surface area (TPSA) is 32.3 Å². The molecule has 0 aliphatic rings. The molecule has 0 aromatic rings. The second-order valence-electron chi connectivity index (χ2n) is 3.10. The van der Waals surface area contributed by atoms with Gasteiger partial charge in [-0.05, 0) is 19.2 Å². The van der Waals surface area contributed by atoms with Gasteiger partial charge in [0.05, 0.1) is 0 Å². The number of aliphatic hydroxyl groups excluding tert-OH is 1.